The second-order valence-electron chi connectivity index (χ2n) is 2.68. The first-order chi connectivity index (χ1) is 5.04. The van der Waals surface area contributed by atoms with Gasteiger partial charge in [0.15, 0.2) is 0 Å². The number of amides is 2. The van der Waals surface area contributed by atoms with Crippen LogP contribution in [0.15, 0.2) is 0 Å². The number of primary amides is 1. The normalized spacial score (nSPS) is 12.6. The lowest BCUT2D eigenvalue weighted by atomic mass is 10.2. The third-order valence-corrected chi connectivity index (χ3v) is 1.47. The predicted octanol–water partition coefficient (Wildman–Crippen LogP) is 1.14. The average Bonchev–Trinajstić information content (AvgIpc) is 1.86. The average molecular weight is 162 g/mol. The summed E-state index contributed by atoms with van der Waals surface area (Å²) in [6, 6.07) is -0.462. The van der Waals surface area contributed by atoms with Gasteiger partial charge in [-0.3, -0.25) is 0 Å². The van der Waals surface area contributed by atoms with Crippen LogP contribution in [0.2, 0.25) is 0 Å². The van der Waals surface area contributed by atoms with Crippen LogP contribution in [-0.2, 0) is 0 Å². The van der Waals surface area contributed by atoms with Crippen molar-refractivity contribution < 1.29 is 9.18 Å². The largest absolute Gasteiger partial charge is 0.351 e. The van der Waals surface area contributed by atoms with Gasteiger partial charge in [0.05, 0.1) is 6.17 Å². The molecular weight excluding hydrogens is 147 g/mol. The minimum Gasteiger partial charge on any atom is -0.351 e. The van der Waals surface area contributed by atoms with Crippen LogP contribution in [0, 0.1) is 0 Å². The first kappa shape index (κ1) is 10.2. The molecular formula is C7H15FN2O. The molecule has 0 aromatic heterocycles. The summed E-state index contributed by atoms with van der Waals surface area (Å²) in [4.78, 5) is 11.8. The number of urea groups is 1. The zero-order valence-corrected chi connectivity index (χ0v) is 7.01. The van der Waals surface area contributed by atoms with Crippen molar-refractivity contribution in [3.05, 3.63) is 0 Å². The zero-order valence-electron chi connectivity index (χ0n) is 7.01. The van der Waals surface area contributed by atoms with Crippen LogP contribution in [0.25, 0.3) is 0 Å². The van der Waals surface area contributed by atoms with Crippen LogP contribution in [0.1, 0.15) is 19.8 Å². The number of nitrogens with two attached hydrogens (primary N) is 1. The third kappa shape index (κ3) is 5.63. The van der Waals surface area contributed by atoms with Gasteiger partial charge in [-0.05, 0) is 19.8 Å². The van der Waals surface area contributed by atoms with Crippen molar-refractivity contribution in [2.45, 2.75) is 25.9 Å². The minimum absolute atomic E-state index is 0.462. The van der Waals surface area contributed by atoms with Gasteiger partial charge in [0.1, 0.15) is 0 Å². The minimum atomic E-state index is -0.795. The molecule has 2 amide bonds. The molecule has 0 aliphatic rings. The van der Waals surface area contributed by atoms with E-state index >= 15 is 0 Å². The maximum atomic E-state index is 12.2. The SMILES string of the molecule is C[C@@H](F)CCCN(C)C(N)=O. The van der Waals surface area contributed by atoms with Crippen LogP contribution in [0.3, 0.4) is 0 Å². The summed E-state index contributed by atoms with van der Waals surface area (Å²) in [5, 5.41) is 0. The molecule has 0 aromatic carbocycles. The molecule has 1 atom stereocenters. The summed E-state index contributed by atoms with van der Waals surface area (Å²) in [7, 11) is 1.60. The fourth-order valence-corrected chi connectivity index (χ4v) is 0.720. The van der Waals surface area contributed by atoms with E-state index in [0.29, 0.717) is 19.4 Å². The first-order valence-corrected chi connectivity index (χ1v) is 3.68. The third-order valence-electron chi connectivity index (χ3n) is 1.47. The van der Waals surface area contributed by atoms with Gasteiger partial charge < -0.3 is 10.6 Å². The van der Waals surface area contributed by atoms with E-state index in [0.717, 1.165) is 0 Å². The number of hydrogen-bond acceptors (Lipinski definition) is 1. The summed E-state index contributed by atoms with van der Waals surface area (Å²) in [5.41, 5.74) is 4.95. The molecule has 3 nitrogen and oxygen atoms in total. The summed E-state index contributed by atoms with van der Waals surface area (Å²) in [5.74, 6) is 0. The highest BCUT2D eigenvalue weighted by Gasteiger charge is 2.03. The van der Waals surface area contributed by atoms with E-state index in [1.807, 2.05) is 0 Å². The second kappa shape index (κ2) is 4.93. The van der Waals surface area contributed by atoms with Crippen molar-refractivity contribution in [1.29, 1.82) is 0 Å². The van der Waals surface area contributed by atoms with Crippen molar-refractivity contribution in [1.82, 2.24) is 4.90 Å². The Hall–Kier alpha value is -0.800. The van der Waals surface area contributed by atoms with Crippen LogP contribution in [0.5, 0.6) is 0 Å². The lowest BCUT2D eigenvalue weighted by molar-refractivity contribution is 0.215. The van der Waals surface area contributed by atoms with Crippen molar-refractivity contribution in [2.24, 2.45) is 5.73 Å². The number of alkyl halides is 1. The Morgan fingerprint density at radius 3 is 2.64 bits per heavy atom. The number of carbonyl (C=O) groups is 1. The van der Waals surface area contributed by atoms with Gasteiger partial charge in [-0.2, -0.15) is 0 Å². The molecule has 2 N–H and O–H groups in total. The molecule has 0 unspecified atom stereocenters. The van der Waals surface area contributed by atoms with E-state index in [4.69, 9.17) is 5.73 Å². The molecule has 0 radical (unpaired) electrons. The number of hydrogen-bond donors (Lipinski definition) is 1. The maximum Gasteiger partial charge on any atom is 0.314 e. The molecule has 0 rings (SSSR count). The van der Waals surface area contributed by atoms with E-state index in [1.165, 1.54) is 11.8 Å². The Morgan fingerprint density at radius 2 is 2.27 bits per heavy atom. The summed E-state index contributed by atoms with van der Waals surface area (Å²) in [6.07, 6.45) is 0.352. The van der Waals surface area contributed by atoms with Crippen molar-refractivity contribution in [2.75, 3.05) is 13.6 Å². The Kier molecular flexibility index (Phi) is 4.57. The summed E-state index contributed by atoms with van der Waals surface area (Å²) < 4.78 is 12.2. The smallest absolute Gasteiger partial charge is 0.314 e. The highest BCUT2D eigenvalue weighted by atomic mass is 19.1. The van der Waals surface area contributed by atoms with Crippen LogP contribution >= 0.6 is 0 Å². The van der Waals surface area contributed by atoms with E-state index in [-0.39, 0.29) is 0 Å². The molecule has 66 valence electrons. The first-order valence-electron chi connectivity index (χ1n) is 3.68. The van der Waals surface area contributed by atoms with E-state index < -0.39 is 12.2 Å². The van der Waals surface area contributed by atoms with Gasteiger partial charge in [0, 0.05) is 13.6 Å². The summed E-state index contributed by atoms with van der Waals surface area (Å²) >= 11 is 0. The Balaban J connectivity index is 3.31. The van der Waals surface area contributed by atoms with Gasteiger partial charge in [0.25, 0.3) is 0 Å². The number of carbonyl (C=O) groups excluding carboxylic acids is 1. The molecule has 0 bridgehead atoms. The highest BCUT2D eigenvalue weighted by Crippen LogP contribution is 2.00. The van der Waals surface area contributed by atoms with Gasteiger partial charge in [0.2, 0.25) is 0 Å². The summed E-state index contributed by atoms with van der Waals surface area (Å²) in [6.45, 7) is 2.04. The lowest BCUT2D eigenvalue weighted by Gasteiger charge is -2.13. The Bertz CT molecular complexity index is 128. The molecule has 0 fully saturated rings. The number of nitrogens with zero attached hydrogens (tertiary/aromatic N) is 1. The fraction of sp³-hybridized carbons (Fsp3) is 0.857. The lowest BCUT2D eigenvalue weighted by Crippen LogP contribution is -2.32. The molecule has 0 aliphatic carbocycles. The van der Waals surface area contributed by atoms with Crippen LogP contribution < -0.4 is 5.73 Å². The Labute approximate surface area is 66.4 Å². The number of halogens is 1. The molecule has 0 saturated heterocycles. The van der Waals surface area contributed by atoms with Gasteiger partial charge >= 0.3 is 6.03 Å². The van der Waals surface area contributed by atoms with Gasteiger partial charge in [-0.25, -0.2) is 9.18 Å². The molecule has 11 heavy (non-hydrogen) atoms. The molecule has 0 saturated carbocycles. The van der Waals surface area contributed by atoms with Crippen LogP contribution in [-0.4, -0.2) is 30.7 Å². The van der Waals surface area contributed by atoms with E-state index in [9.17, 15) is 9.18 Å². The molecule has 0 heterocycles. The molecule has 0 aromatic rings. The van der Waals surface area contributed by atoms with Crippen molar-refractivity contribution >= 4 is 6.03 Å². The highest BCUT2D eigenvalue weighted by molar-refractivity contribution is 5.71. The fourth-order valence-electron chi connectivity index (χ4n) is 0.720. The zero-order chi connectivity index (χ0) is 8.85. The monoisotopic (exact) mass is 162 g/mol. The van der Waals surface area contributed by atoms with Gasteiger partial charge in [-0.15, -0.1) is 0 Å². The molecule has 0 aliphatic heterocycles. The second-order valence-corrected chi connectivity index (χ2v) is 2.68. The quantitative estimate of drug-likeness (QED) is 0.661. The topological polar surface area (TPSA) is 46.3 Å². The predicted molar refractivity (Wildman–Crippen MR) is 42.0 cm³/mol. The van der Waals surface area contributed by atoms with E-state index in [1.54, 1.807) is 7.05 Å². The van der Waals surface area contributed by atoms with E-state index in [2.05, 4.69) is 0 Å². The van der Waals surface area contributed by atoms with Crippen molar-refractivity contribution in [3.8, 4) is 0 Å². The molecule has 0 spiro atoms. The van der Waals surface area contributed by atoms with Gasteiger partial charge in [-0.1, -0.05) is 0 Å². The standard InChI is InChI=1S/C7H15FN2O/c1-6(8)4-3-5-10(2)7(9)11/h6H,3-5H2,1-2H3,(H2,9,11)/t6-/m1/s1. The number of rotatable bonds is 4. The maximum absolute atomic E-state index is 12.2. The van der Waals surface area contributed by atoms with Crippen molar-refractivity contribution in [3.63, 3.8) is 0 Å². The Morgan fingerprint density at radius 1 is 1.73 bits per heavy atom. The molecule has 4 heteroatoms. The van der Waals surface area contributed by atoms with Crippen LogP contribution in [0.4, 0.5) is 9.18 Å².